The Kier molecular flexibility index (Phi) is 4.81. The molecule has 0 radical (unpaired) electrons. The zero-order valence-corrected chi connectivity index (χ0v) is 13.2. The van der Waals surface area contributed by atoms with E-state index in [1.807, 2.05) is 30.3 Å². The number of carbonyl (C=O) groups excluding carboxylic acids is 1. The predicted octanol–water partition coefficient (Wildman–Crippen LogP) is 4.12. The van der Waals surface area contributed by atoms with E-state index in [1.54, 1.807) is 43.5 Å². The van der Waals surface area contributed by atoms with E-state index in [-0.39, 0.29) is 18.3 Å². The summed E-state index contributed by atoms with van der Waals surface area (Å²) >= 11 is 0. The average Bonchev–Trinajstić information content (AvgIpc) is 3.11. The molecule has 0 aliphatic heterocycles. The second kappa shape index (κ2) is 7.37. The van der Waals surface area contributed by atoms with Crippen LogP contribution in [0.5, 0.6) is 11.5 Å². The normalized spacial score (nSPS) is 10.2. The number of benzene rings is 2. The van der Waals surface area contributed by atoms with Gasteiger partial charge in [-0.3, -0.25) is 4.79 Å². The first-order chi connectivity index (χ1) is 11.7. The van der Waals surface area contributed by atoms with E-state index >= 15 is 0 Å². The van der Waals surface area contributed by atoms with E-state index in [0.29, 0.717) is 11.4 Å². The summed E-state index contributed by atoms with van der Waals surface area (Å²) in [5, 5.41) is 2.77. The van der Waals surface area contributed by atoms with Crippen LogP contribution in [0.25, 0.3) is 0 Å². The van der Waals surface area contributed by atoms with Gasteiger partial charge in [0.05, 0.1) is 7.11 Å². The van der Waals surface area contributed by atoms with Gasteiger partial charge >= 0.3 is 0 Å². The molecule has 0 fully saturated rings. The lowest BCUT2D eigenvalue weighted by Crippen LogP contribution is -2.10. The lowest BCUT2D eigenvalue weighted by atomic mass is 10.3. The lowest BCUT2D eigenvalue weighted by Gasteiger charge is -2.05. The van der Waals surface area contributed by atoms with Crippen molar-refractivity contribution in [1.29, 1.82) is 0 Å². The molecule has 3 rings (SSSR count). The summed E-state index contributed by atoms with van der Waals surface area (Å²) in [6.07, 6.45) is 0. The van der Waals surface area contributed by atoms with E-state index in [9.17, 15) is 4.79 Å². The minimum atomic E-state index is -0.314. The van der Waals surface area contributed by atoms with E-state index in [4.69, 9.17) is 13.9 Å². The van der Waals surface area contributed by atoms with Crippen LogP contribution in [-0.4, -0.2) is 13.0 Å². The Morgan fingerprint density at radius 2 is 1.71 bits per heavy atom. The first-order valence-electron chi connectivity index (χ1n) is 7.46. The van der Waals surface area contributed by atoms with Crippen LogP contribution in [0.15, 0.2) is 71.1 Å². The number of furan rings is 1. The minimum absolute atomic E-state index is 0.234. The summed E-state index contributed by atoms with van der Waals surface area (Å²) < 4.78 is 16.2. The van der Waals surface area contributed by atoms with E-state index in [0.717, 1.165) is 11.5 Å². The van der Waals surface area contributed by atoms with E-state index in [2.05, 4.69) is 5.32 Å². The van der Waals surface area contributed by atoms with Crippen LogP contribution in [0.4, 0.5) is 5.69 Å². The van der Waals surface area contributed by atoms with Crippen molar-refractivity contribution >= 4 is 11.6 Å². The summed E-state index contributed by atoms with van der Waals surface area (Å²) in [4.78, 5) is 12.2. The molecule has 1 amide bonds. The van der Waals surface area contributed by atoms with Crippen molar-refractivity contribution in [1.82, 2.24) is 0 Å². The van der Waals surface area contributed by atoms with Gasteiger partial charge in [-0.25, -0.2) is 0 Å². The molecule has 1 aromatic heterocycles. The van der Waals surface area contributed by atoms with Crippen molar-refractivity contribution in [3.63, 3.8) is 0 Å². The predicted molar refractivity (Wildman–Crippen MR) is 90.4 cm³/mol. The molecule has 0 aliphatic carbocycles. The average molecular weight is 323 g/mol. The maximum atomic E-state index is 12.2. The van der Waals surface area contributed by atoms with Crippen LogP contribution < -0.4 is 14.8 Å². The molecule has 0 saturated heterocycles. The van der Waals surface area contributed by atoms with Crippen molar-refractivity contribution in [2.45, 2.75) is 6.61 Å². The molecule has 0 aliphatic rings. The van der Waals surface area contributed by atoms with E-state index < -0.39 is 0 Å². The largest absolute Gasteiger partial charge is 0.497 e. The van der Waals surface area contributed by atoms with Crippen molar-refractivity contribution in [2.75, 3.05) is 12.4 Å². The van der Waals surface area contributed by atoms with Crippen molar-refractivity contribution in [3.8, 4) is 11.5 Å². The molecule has 122 valence electrons. The van der Waals surface area contributed by atoms with Gasteiger partial charge in [-0.1, -0.05) is 18.2 Å². The molecule has 1 N–H and O–H groups in total. The summed E-state index contributed by atoms with van der Waals surface area (Å²) in [5.41, 5.74) is 0.666. The second-order valence-corrected chi connectivity index (χ2v) is 5.05. The SMILES string of the molecule is COc1ccc(NC(=O)c2ccc(COc3ccccc3)o2)cc1. The Morgan fingerprint density at radius 3 is 2.42 bits per heavy atom. The molecule has 0 atom stereocenters. The topological polar surface area (TPSA) is 60.7 Å². The van der Waals surface area contributed by atoms with Gasteiger partial charge in [-0.05, 0) is 48.5 Å². The highest BCUT2D eigenvalue weighted by atomic mass is 16.5. The Labute approximate surface area is 139 Å². The second-order valence-electron chi connectivity index (χ2n) is 5.05. The quantitative estimate of drug-likeness (QED) is 0.741. The number of carbonyl (C=O) groups is 1. The number of methoxy groups -OCH3 is 1. The molecule has 0 spiro atoms. The first-order valence-corrected chi connectivity index (χ1v) is 7.46. The molecule has 3 aromatic rings. The Balaban J connectivity index is 1.58. The highest BCUT2D eigenvalue weighted by Gasteiger charge is 2.12. The fraction of sp³-hybridized carbons (Fsp3) is 0.105. The molecule has 0 saturated carbocycles. The van der Waals surface area contributed by atoms with Crippen LogP contribution >= 0.6 is 0 Å². The smallest absolute Gasteiger partial charge is 0.291 e. The molecule has 5 nitrogen and oxygen atoms in total. The van der Waals surface area contributed by atoms with Gasteiger partial charge in [-0.15, -0.1) is 0 Å². The van der Waals surface area contributed by atoms with Gasteiger partial charge in [0.15, 0.2) is 5.76 Å². The third kappa shape index (κ3) is 3.95. The molecular weight excluding hydrogens is 306 g/mol. The molecule has 0 unspecified atom stereocenters. The van der Waals surface area contributed by atoms with Gasteiger partial charge < -0.3 is 19.2 Å². The van der Waals surface area contributed by atoms with Gasteiger partial charge in [0.2, 0.25) is 0 Å². The maximum absolute atomic E-state index is 12.2. The molecular formula is C19H17NO4. The molecule has 5 heteroatoms. The Hall–Kier alpha value is -3.21. The molecule has 24 heavy (non-hydrogen) atoms. The van der Waals surface area contributed by atoms with Gasteiger partial charge in [-0.2, -0.15) is 0 Å². The number of hydrogen-bond donors (Lipinski definition) is 1. The fourth-order valence-corrected chi connectivity index (χ4v) is 2.12. The number of amides is 1. The van der Waals surface area contributed by atoms with Crippen LogP contribution in [0, 0.1) is 0 Å². The number of nitrogens with one attached hydrogen (secondary N) is 1. The summed E-state index contributed by atoms with van der Waals surface area (Å²) in [6.45, 7) is 0.264. The van der Waals surface area contributed by atoms with E-state index in [1.165, 1.54) is 0 Å². The monoisotopic (exact) mass is 323 g/mol. The number of anilines is 1. The van der Waals surface area contributed by atoms with Crippen molar-refractivity contribution in [3.05, 3.63) is 78.3 Å². The van der Waals surface area contributed by atoms with Crippen LogP contribution in [0.3, 0.4) is 0 Å². The van der Waals surface area contributed by atoms with Crippen molar-refractivity contribution < 1.29 is 18.7 Å². The molecule has 2 aromatic carbocycles. The van der Waals surface area contributed by atoms with Gasteiger partial charge in [0.1, 0.15) is 23.9 Å². The van der Waals surface area contributed by atoms with Gasteiger partial charge in [0, 0.05) is 5.69 Å². The van der Waals surface area contributed by atoms with Crippen LogP contribution in [-0.2, 0) is 6.61 Å². The number of rotatable bonds is 6. The number of para-hydroxylation sites is 1. The van der Waals surface area contributed by atoms with Crippen LogP contribution in [0.1, 0.15) is 16.3 Å². The van der Waals surface area contributed by atoms with Gasteiger partial charge in [0.25, 0.3) is 5.91 Å². The highest BCUT2D eigenvalue weighted by Crippen LogP contribution is 2.17. The summed E-state index contributed by atoms with van der Waals surface area (Å²) in [5.74, 6) is 1.98. The Bertz CT molecular complexity index is 794. The number of hydrogen-bond acceptors (Lipinski definition) is 4. The zero-order chi connectivity index (χ0) is 16.8. The standard InChI is InChI=1S/C19H17NO4/c1-22-15-9-7-14(8-10-15)20-19(21)18-12-11-17(24-18)13-23-16-5-3-2-4-6-16/h2-12H,13H2,1H3,(H,20,21). The third-order valence-corrected chi connectivity index (χ3v) is 3.36. The third-order valence-electron chi connectivity index (χ3n) is 3.36. The fourth-order valence-electron chi connectivity index (χ4n) is 2.12. The molecule has 0 bridgehead atoms. The number of ether oxygens (including phenoxy) is 2. The van der Waals surface area contributed by atoms with Crippen LogP contribution in [0.2, 0.25) is 0 Å². The maximum Gasteiger partial charge on any atom is 0.291 e. The molecule has 1 heterocycles. The van der Waals surface area contributed by atoms with Crippen molar-refractivity contribution in [2.24, 2.45) is 0 Å². The summed E-state index contributed by atoms with van der Waals surface area (Å²) in [7, 11) is 1.59. The summed E-state index contributed by atoms with van der Waals surface area (Å²) in [6, 6.07) is 19.9. The lowest BCUT2D eigenvalue weighted by molar-refractivity contribution is 0.0992. The highest BCUT2D eigenvalue weighted by molar-refractivity contribution is 6.02. The first kappa shape index (κ1) is 15.7. The zero-order valence-electron chi connectivity index (χ0n) is 13.2. The minimum Gasteiger partial charge on any atom is -0.497 e. The Morgan fingerprint density at radius 1 is 0.958 bits per heavy atom.